The zero-order valence-corrected chi connectivity index (χ0v) is 24.0. The van der Waals surface area contributed by atoms with E-state index in [-0.39, 0.29) is 53.4 Å². The summed E-state index contributed by atoms with van der Waals surface area (Å²) in [6.07, 6.45) is 3.40. The lowest BCUT2D eigenvalue weighted by atomic mass is 10.1. The van der Waals surface area contributed by atoms with Crippen LogP contribution in [0.1, 0.15) is 15.9 Å². The van der Waals surface area contributed by atoms with Crippen LogP contribution in [0.5, 0.6) is 0 Å². The average molecular weight is 614 g/mol. The second-order valence-electron chi connectivity index (χ2n) is 8.51. The number of aryl methyl sites for hydroxylation is 1. The monoisotopic (exact) mass is 612 g/mol. The number of fused-ring (bicyclic) bond motifs is 1. The van der Waals surface area contributed by atoms with Crippen LogP contribution in [0.3, 0.4) is 0 Å². The Balaban J connectivity index is 0.00000178. The van der Waals surface area contributed by atoms with Gasteiger partial charge < -0.3 is 14.9 Å². The molecule has 5 rings (SSSR count). The fourth-order valence-corrected chi connectivity index (χ4v) is 5.35. The molecule has 0 saturated carbocycles. The fourth-order valence-electron chi connectivity index (χ4n) is 4.20. The number of nitrogens with one attached hydrogen (secondary N) is 1. The van der Waals surface area contributed by atoms with Crippen LogP contribution in [0.2, 0.25) is 0 Å². The highest BCUT2D eigenvalue weighted by molar-refractivity contribution is 7.92. The van der Waals surface area contributed by atoms with Crippen LogP contribution in [-0.4, -0.2) is 60.6 Å². The van der Waals surface area contributed by atoms with Gasteiger partial charge in [0.15, 0.2) is 0 Å². The van der Waals surface area contributed by atoms with Crippen molar-refractivity contribution in [2.75, 3.05) is 40.7 Å². The molecular formula is C25H27Cl3N6O4S. The van der Waals surface area contributed by atoms with E-state index in [1.165, 1.54) is 18.2 Å². The van der Waals surface area contributed by atoms with Crippen molar-refractivity contribution in [1.82, 2.24) is 15.0 Å². The molecule has 208 valence electrons. The van der Waals surface area contributed by atoms with E-state index in [1.807, 2.05) is 17.9 Å². The first-order chi connectivity index (χ1) is 17.3. The van der Waals surface area contributed by atoms with Crippen LogP contribution in [-0.2, 0) is 10.0 Å². The number of pyridine rings is 1. The summed E-state index contributed by atoms with van der Waals surface area (Å²) in [5, 5.41) is 10.3. The number of aromatic carboxylic acids is 1. The molecule has 2 aromatic heterocycles. The maximum atomic E-state index is 12.8. The van der Waals surface area contributed by atoms with Crippen molar-refractivity contribution < 1.29 is 18.3 Å². The molecular weight excluding hydrogens is 587 g/mol. The third-order valence-corrected chi connectivity index (χ3v) is 7.40. The predicted molar refractivity (Wildman–Crippen MR) is 159 cm³/mol. The number of rotatable bonds is 6. The van der Waals surface area contributed by atoms with Gasteiger partial charge in [-0.2, -0.15) is 0 Å². The first-order valence-electron chi connectivity index (χ1n) is 11.3. The molecule has 0 amide bonds. The maximum Gasteiger partial charge on any atom is 0.336 e. The smallest absolute Gasteiger partial charge is 0.336 e. The number of sulfonamides is 1. The van der Waals surface area contributed by atoms with Gasteiger partial charge in [0, 0.05) is 49.6 Å². The number of carboxylic acid groups (broad SMARTS) is 1. The number of carboxylic acids is 1. The number of piperazine rings is 1. The molecule has 1 aliphatic heterocycles. The maximum absolute atomic E-state index is 12.8. The van der Waals surface area contributed by atoms with E-state index in [0.717, 1.165) is 5.56 Å². The summed E-state index contributed by atoms with van der Waals surface area (Å²) < 4.78 is 28.2. The highest BCUT2D eigenvalue weighted by Gasteiger charge is 2.23. The molecule has 0 atom stereocenters. The van der Waals surface area contributed by atoms with E-state index in [2.05, 4.69) is 24.6 Å². The summed E-state index contributed by atoms with van der Waals surface area (Å²) in [6.45, 7) is 4.42. The lowest BCUT2D eigenvalue weighted by Crippen LogP contribution is -2.47. The minimum absolute atomic E-state index is 0. The molecule has 14 heteroatoms. The molecule has 0 bridgehead atoms. The van der Waals surface area contributed by atoms with E-state index >= 15 is 0 Å². The molecule has 0 unspecified atom stereocenters. The quantitative estimate of drug-likeness (QED) is 0.325. The molecule has 1 fully saturated rings. The Labute approximate surface area is 244 Å². The molecule has 1 saturated heterocycles. The largest absolute Gasteiger partial charge is 0.478 e. The molecule has 4 aromatic rings. The van der Waals surface area contributed by atoms with E-state index in [4.69, 9.17) is 0 Å². The molecule has 1 aliphatic rings. The normalized spacial score (nSPS) is 13.1. The van der Waals surface area contributed by atoms with Crippen LogP contribution >= 0.6 is 37.2 Å². The number of anilines is 3. The summed E-state index contributed by atoms with van der Waals surface area (Å²) in [4.78, 5) is 29.6. The summed E-state index contributed by atoms with van der Waals surface area (Å²) in [7, 11) is -3.83. The number of nitrogens with zero attached hydrogens (tertiary/aromatic N) is 5. The second-order valence-corrected chi connectivity index (χ2v) is 10.2. The number of hydrogen-bond donors (Lipinski definition) is 2. The van der Waals surface area contributed by atoms with Gasteiger partial charge in [-0.1, -0.05) is 12.1 Å². The van der Waals surface area contributed by atoms with Gasteiger partial charge in [0.05, 0.1) is 16.0 Å². The fraction of sp³-hybridized carbons (Fsp3) is 0.200. The van der Waals surface area contributed by atoms with Crippen molar-refractivity contribution in [3.05, 3.63) is 78.1 Å². The van der Waals surface area contributed by atoms with E-state index in [1.54, 1.807) is 42.7 Å². The minimum Gasteiger partial charge on any atom is -0.478 e. The molecule has 0 radical (unpaired) electrons. The van der Waals surface area contributed by atoms with Crippen LogP contribution in [0.25, 0.3) is 10.9 Å². The summed E-state index contributed by atoms with van der Waals surface area (Å²) in [5.41, 5.74) is 1.61. The number of halogens is 3. The molecule has 39 heavy (non-hydrogen) atoms. The molecule has 2 aromatic carbocycles. The van der Waals surface area contributed by atoms with Gasteiger partial charge in [0.25, 0.3) is 10.0 Å². The third-order valence-electron chi connectivity index (χ3n) is 6.02. The Morgan fingerprint density at radius 1 is 0.897 bits per heavy atom. The first-order valence-corrected chi connectivity index (χ1v) is 12.8. The third kappa shape index (κ3) is 6.99. The van der Waals surface area contributed by atoms with Crippen molar-refractivity contribution in [3.63, 3.8) is 0 Å². The Hall–Kier alpha value is -3.38. The zero-order chi connectivity index (χ0) is 25.3. The Morgan fingerprint density at radius 2 is 1.56 bits per heavy atom. The van der Waals surface area contributed by atoms with Crippen molar-refractivity contribution in [2.45, 2.75) is 11.8 Å². The average Bonchev–Trinajstić information content (AvgIpc) is 2.88. The van der Waals surface area contributed by atoms with Crippen LogP contribution in [0.4, 0.5) is 17.5 Å². The van der Waals surface area contributed by atoms with Crippen molar-refractivity contribution in [2.24, 2.45) is 0 Å². The van der Waals surface area contributed by atoms with Gasteiger partial charge in [0.1, 0.15) is 5.82 Å². The summed E-state index contributed by atoms with van der Waals surface area (Å²) in [5.74, 6) is 0.107. The summed E-state index contributed by atoms with van der Waals surface area (Å²) >= 11 is 0. The number of hydrogen-bond acceptors (Lipinski definition) is 8. The number of benzene rings is 2. The van der Waals surface area contributed by atoms with Crippen LogP contribution in [0, 0.1) is 6.92 Å². The molecule has 10 nitrogen and oxygen atoms in total. The van der Waals surface area contributed by atoms with Crippen molar-refractivity contribution >= 4 is 81.6 Å². The Bertz CT molecular complexity index is 1550. The molecule has 2 N–H and O–H groups in total. The zero-order valence-electron chi connectivity index (χ0n) is 20.7. The Kier molecular flexibility index (Phi) is 10.7. The molecule has 3 heterocycles. The number of aromatic nitrogens is 3. The highest BCUT2D eigenvalue weighted by atomic mass is 35.5. The first kappa shape index (κ1) is 31.8. The van der Waals surface area contributed by atoms with Gasteiger partial charge in [-0.05, 0) is 55.0 Å². The van der Waals surface area contributed by atoms with Crippen LogP contribution in [0.15, 0.2) is 71.9 Å². The lowest BCUT2D eigenvalue weighted by Gasteiger charge is -2.35. The van der Waals surface area contributed by atoms with E-state index in [0.29, 0.717) is 48.8 Å². The van der Waals surface area contributed by atoms with Crippen molar-refractivity contribution in [3.8, 4) is 0 Å². The number of carbonyl (C=O) groups is 1. The predicted octanol–water partition coefficient (Wildman–Crippen LogP) is 4.42. The van der Waals surface area contributed by atoms with Gasteiger partial charge in [-0.25, -0.2) is 28.2 Å². The van der Waals surface area contributed by atoms with Gasteiger partial charge in [0.2, 0.25) is 5.95 Å². The second kappa shape index (κ2) is 13.1. The van der Waals surface area contributed by atoms with Gasteiger partial charge >= 0.3 is 5.97 Å². The topological polar surface area (TPSA) is 129 Å². The lowest BCUT2D eigenvalue weighted by molar-refractivity contribution is 0.0699. The van der Waals surface area contributed by atoms with E-state index in [9.17, 15) is 18.3 Å². The van der Waals surface area contributed by atoms with Gasteiger partial charge in [-0.15, -0.1) is 37.2 Å². The molecule has 0 aliphatic carbocycles. The standard InChI is InChI=1S/C25H24N6O4S.3ClH/c1-17-4-2-5-19(14-17)36(34,35)29-18-6-7-22-20(15-18)21(24(32)33)16-23(28-22)30-10-12-31(13-11-30)25-26-8-3-9-27-25;;;/h2-9,14-16,29H,10-13H2,1H3,(H,32,33);3*1H. The van der Waals surface area contributed by atoms with E-state index < -0.39 is 16.0 Å². The van der Waals surface area contributed by atoms with Crippen LogP contribution < -0.4 is 14.5 Å². The van der Waals surface area contributed by atoms with Crippen molar-refractivity contribution in [1.29, 1.82) is 0 Å². The minimum atomic E-state index is -3.83. The Morgan fingerprint density at radius 3 is 2.21 bits per heavy atom. The highest BCUT2D eigenvalue weighted by Crippen LogP contribution is 2.28. The SMILES string of the molecule is Cc1cccc(S(=O)(=O)Nc2ccc3nc(N4CCN(c5ncccn5)CC4)cc(C(=O)O)c3c2)c1.Cl.Cl.Cl. The van der Waals surface area contributed by atoms with Gasteiger partial charge in [-0.3, -0.25) is 4.72 Å². The molecule has 0 spiro atoms. The summed E-state index contributed by atoms with van der Waals surface area (Å²) in [6, 6.07) is 14.6.